The molecule has 1 aromatic heterocycles. The summed E-state index contributed by atoms with van der Waals surface area (Å²) in [5.41, 5.74) is 0.174. The highest BCUT2D eigenvalue weighted by Gasteiger charge is 2.33. The van der Waals surface area contributed by atoms with Crippen LogP contribution in [0.25, 0.3) is 11.4 Å². The number of hydrogen-bond donors (Lipinski definition) is 0. The van der Waals surface area contributed by atoms with Gasteiger partial charge in [-0.25, -0.2) is 9.97 Å². The second kappa shape index (κ2) is 6.70. The zero-order chi connectivity index (χ0) is 15.3. The van der Waals surface area contributed by atoms with E-state index in [1.165, 1.54) is 0 Å². The number of alkyl halides is 3. The molecular formula is C16H17F3N2. The summed E-state index contributed by atoms with van der Waals surface area (Å²) in [6.07, 6.45) is -1.08. The summed E-state index contributed by atoms with van der Waals surface area (Å²) in [7, 11) is 0. The van der Waals surface area contributed by atoms with Gasteiger partial charge in [-0.1, -0.05) is 50.1 Å². The first-order valence-corrected chi connectivity index (χ1v) is 7.01. The van der Waals surface area contributed by atoms with E-state index in [-0.39, 0.29) is 5.82 Å². The first-order valence-electron chi connectivity index (χ1n) is 7.01. The number of aromatic nitrogens is 2. The van der Waals surface area contributed by atoms with E-state index in [4.69, 9.17) is 0 Å². The average Bonchev–Trinajstić information content (AvgIpc) is 2.47. The molecule has 0 fully saturated rings. The molecule has 0 N–H and O–H groups in total. The Morgan fingerprint density at radius 1 is 1.00 bits per heavy atom. The van der Waals surface area contributed by atoms with Gasteiger partial charge in [0.25, 0.3) is 0 Å². The number of nitrogens with zero attached hydrogens (tertiary/aromatic N) is 2. The highest BCUT2D eigenvalue weighted by Crippen LogP contribution is 2.29. The van der Waals surface area contributed by atoms with Crippen LogP contribution in [0.1, 0.15) is 37.6 Å². The Hall–Kier alpha value is -1.91. The Bertz CT molecular complexity index is 580. The average molecular weight is 294 g/mol. The molecule has 2 aromatic rings. The van der Waals surface area contributed by atoms with Gasteiger partial charge in [-0.05, 0) is 18.9 Å². The van der Waals surface area contributed by atoms with Gasteiger partial charge in [-0.2, -0.15) is 13.2 Å². The van der Waals surface area contributed by atoms with E-state index < -0.39 is 11.9 Å². The zero-order valence-electron chi connectivity index (χ0n) is 11.8. The summed E-state index contributed by atoms with van der Waals surface area (Å²) in [5.74, 6) is 0.136. The van der Waals surface area contributed by atoms with Gasteiger partial charge in [-0.15, -0.1) is 0 Å². The predicted molar refractivity (Wildman–Crippen MR) is 75.7 cm³/mol. The molecule has 21 heavy (non-hydrogen) atoms. The molecule has 0 spiro atoms. The highest BCUT2D eigenvalue weighted by molar-refractivity contribution is 5.54. The lowest BCUT2D eigenvalue weighted by Crippen LogP contribution is -2.11. The molecule has 0 unspecified atom stereocenters. The lowest BCUT2D eigenvalue weighted by atomic mass is 10.1. The van der Waals surface area contributed by atoms with Crippen molar-refractivity contribution in [1.29, 1.82) is 0 Å². The molecule has 0 aliphatic heterocycles. The standard InChI is InChI=1S/C16H17F3N2/c1-2-3-5-10-13-11-14(16(17,18)19)21-15(20-13)12-8-6-4-7-9-12/h4,6-9,11H,2-3,5,10H2,1H3. The third-order valence-corrected chi connectivity index (χ3v) is 3.14. The summed E-state index contributed by atoms with van der Waals surface area (Å²) >= 11 is 0. The molecule has 0 saturated heterocycles. The number of hydrogen-bond acceptors (Lipinski definition) is 2. The minimum Gasteiger partial charge on any atom is -0.233 e. The zero-order valence-corrected chi connectivity index (χ0v) is 11.8. The van der Waals surface area contributed by atoms with E-state index in [1.54, 1.807) is 30.3 Å². The fourth-order valence-corrected chi connectivity index (χ4v) is 2.04. The molecule has 0 bridgehead atoms. The maximum absolute atomic E-state index is 13.0. The van der Waals surface area contributed by atoms with Crippen molar-refractivity contribution in [3.05, 3.63) is 47.8 Å². The quantitative estimate of drug-likeness (QED) is 0.733. The molecular weight excluding hydrogens is 277 g/mol. The third-order valence-electron chi connectivity index (χ3n) is 3.14. The van der Waals surface area contributed by atoms with E-state index in [0.29, 0.717) is 17.7 Å². The van der Waals surface area contributed by atoms with Crippen LogP contribution < -0.4 is 0 Å². The van der Waals surface area contributed by atoms with Crippen LogP contribution in [0.5, 0.6) is 0 Å². The molecule has 0 amide bonds. The largest absolute Gasteiger partial charge is 0.433 e. The van der Waals surface area contributed by atoms with Crippen LogP contribution in [-0.4, -0.2) is 9.97 Å². The predicted octanol–water partition coefficient (Wildman–Crippen LogP) is 4.90. The van der Waals surface area contributed by atoms with Crippen molar-refractivity contribution in [3.63, 3.8) is 0 Å². The molecule has 0 saturated carbocycles. The van der Waals surface area contributed by atoms with Crippen molar-refractivity contribution >= 4 is 0 Å². The minimum absolute atomic E-state index is 0.136. The Morgan fingerprint density at radius 3 is 2.33 bits per heavy atom. The van der Waals surface area contributed by atoms with E-state index in [1.807, 2.05) is 0 Å². The van der Waals surface area contributed by atoms with Gasteiger partial charge >= 0.3 is 6.18 Å². The monoisotopic (exact) mass is 294 g/mol. The summed E-state index contributed by atoms with van der Waals surface area (Å²) in [6, 6.07) is 9.81. The van der Waals surface area contributed by atoms with Crippen LogP contribution in [0.3, 0.4) is 0 Å². The number of benzene rings is 1. The molecule has 1 heterocycles. The third kappa shape index (κ3) is 4.28. The number of unbranched alkanes of at least 4 members (excludes halogenated alkanes) is 2. The molecule has 0 radical (unpaired) electrons. The van der Waals surface area contributed by atoms with Crippen molar-refractivity contribution in [2.75, 3.05) is 0 Å². The number of rotatable bonds is 5. The van der Waals surface area contributed by atoms with Crippen LogP contribution >= 0.6 is 0 Å². The van der Waals surface area contributed by atoms with E-state index in [0.717, 1.165) is 25.3 Å². The fraction of sp³-hybridized carbons (Fsp3) is 0.375. The van der Waals surface area contributed by atoms with Crippen molar-refractivity contribution in [2.45, 2.75) is 38.8 Å². The molecule has 0 aliphatic rings. The van der Waals surface area contributed by atoms with Gasteiger partial charge in [-0.3, -0.25) is 0 Å². The van der Waals surface area contributed by atoms with Crippen LogP contribution in [-0.2, 0) is 12.6 Å². The second-order valence-corrected chi connectivity index (χ2v) is 4.89. The van der Waals surface area contributed by atoms with Crippen molar-refractivity contribution in [3.8, 4) is 11.4 Å². The van der Waals surface area contributed by atoms with E-state index >= 15 is 0 Å². The molecule has 2 nitrogen and oxygen atoms in total. The first kappa shape index (κ1) is 15.5. The van der Waals surface area contributed by atoms with Crippen molar-refractivity contribution < 1.29 is 13.2 Å². The summed E-state index contributed by atoms with van der Waals surface area (Å²) in [5, 5.41) is 0. The topological polar surface area (TPSA) is 25.8 Å². The Balaban J connectivity index is 2.38. The van der Waals surface area contributed by atoms with Gasteiger partial charge in [0.2, 0.25) is 0 Å². The normalized spacial score (nSPS) is 11.6. The minimum atomic E-state index is -4.45. The summed E-state index contributed by atoms with van der Waals surface area (Å²) in [4.78, 5) is 7.94. The Kier molecular flexibility index (Phi) is 4.94. The highest BCUT2D eigenvalue weighted by atomic mass is 19.4. The maximum atomic E-state index is 13.0. The SMILES string of the molecule is CCCCCc1cc(C(F)(F)F)nc(-c2ccccc2)n1. The molecule has 0 aliphatic carbocycles. The number of aryl methyl sites for hydroxylation is 1. The smallest absolute Gasteiger partial charge is 0.233 e. The molecule has 1 aromatic carbocycles. The van der Waals surface area contributed by atoms with Crippen LogP contribution in [0.2, 0.25) is 0 Å². The lowest BCUT2D eigenvalue weighted by Gasteiger charge is -2.10. The van der Waals surface area contributed by atoms with Gasteiger partial charge in [0.1, 0.15) is 5.69 Å². The van der Waals surface area contributed by atoms with Crippen molar-refractivity contribution in [1.82, 2.24) is 9.97 Å². The van der Waals surface area contributed by atoms with Crippen LogP contribution in [0, 0.1) is 0 Å². The van der Waals surface area contributed by atoms with Crippen LogP contribution in [0.4, 0.5) is 13.2 Å². The molecule has 112 valence electrons. The van der Waals surface area contributed by atoms with Gasteiger partial charge in [0.15, 0.2) is 5.82 Å². The van der Waals surface area contributed by atoms with E-state index in [9.17, 15) is 13.2 Å². The van der Waals surface area contributed by atoms with Gasteiger partial charge < -0.3 is 0 Å². The lowest BCUT2D eigenvalue weighted by molar-refractivity contribution is -0.141. The Labute approximate surface area is 122 Å². The first-order chi connectivity index (χ1) is 10.0. The van der Waals surface area contributed by atoms with Gasteiger partial charge in [0.05, 0.1) is 0 Å². The van der Waals surface area contributed by atoms with E-state index in [2.05, 4.69) is 16.9 Å². The Morgan fingerprint density at radius 2 is 1.71 bits per heavy atom. The molecule has 5 heteroatoms. The maximum Gasteiger partial charge on any atom is 0.433 e. The second-order valence-electron chi connectivity index (χ2n) is 4.89. The van der Waals surface area contributed by atoms with Crippen LogP contribution in [0.15, 0.2) is 36.4 Å². The fourth-order valence-electron chi connectivity index (χ4n) is 2.04. The molecule has 2 rings (SSSR count). The van der Waals surface area contributed by atoms with Crippen molar-refractivity contribution in [2.24, 2.45) is 0 Å². The van der Waals surface area contributed by atoms with Gasteiger partial charge in [0, 0.05) is 11.3 Å². The summed E-state index contributed by atoms with van der Waals surface area (Å²) in [6.45, 7) is 2.05. The number of halogens is 3. The molecule has 0 atom stereocenters. The summed E-state index contributed by atoms with van der Waals surface area (Å²) < 4.78 is 38.9.